The lowest BCUT2D eigenvalue weighted by Crippen LogP contribution is -2.24. The van der Waals surface area contributed by atoms with E-state index in [0.717, 1.165) is 14.2 Å². The summed E-state index contributed by atoms with van der Waals surface area (Å²) < 4.78 is 14.2. The van der Waals surface area contributed by atoms with Crippen LogP contribution in [0.15, 0.2) is 23.0 Å². The molecule has 0 bridgehead atoms. The van der Waals surface area contributed by atoms with Crippen LogP contribution in [-0.4, -0.2) is 38.3 Å². The molecule has 0 spiro atoms. The first kappa shape index (κ1) is 14.6. The van der Waals surface area contributed by atoms with Crippen molar-refractivity contribution in [2.45, 2.75) is 0 Å². The van der Waals surface area contributed by atoms with E-state index in [0.29, 0.717) is 11.3 Å². The highest BCUT2D eigenvalue weighted by atomic mass is 16.5. The molecule has 21 heavy (non-hydrogen) atoms. The van der Waals surface area contributed by atoms with Crippen LogP contribution in [-0.2, 0) is 9.47 Å². The summed E-state index contributed by atoms with van der Waals surface area (Å²) >= 11 is 0. The first-order valence-electron chi connectivity index (χ1n) is 5.94. The predicted molar refractivity (Wildman–Crippen MR) is 73.8 cm³/mol. The van der Waals surface area contributed by atoms with Crippen LogP contribution in [0.25, 0.3) is 10.9 Å². The molecule has 2 rings (SSSR count). The number of aromatic nitrogens is 1. The van der Waals surface area contributed by atoms with E-state index in [1.165, 1.54) is 13.2 Å². The van der Waals surface area contributed by atoms with Gasteiger partial charge >= 0.3 is 11.9 Å². The zero-order valence-electron chi connectivity index (χ0n) is 11.7. The molecule has 1 aromatic carbocycles. The molecule has 110 valence electrons. The highest BCUT2D eigenvalue weighted by Crippen LogP contribution is 2.19. The minimum absolute atomic E-state index is 0.211. The topological polar surface area (TPSA) is 94.7 Å². The summed E-state index contributed by atoms with van der Waals surface area (Å²) in [6.45, 7) is 0. The number of fused-ring (bicyclic) bond motifs is 1. The Morgan fingerprint density at radius 3 is 2.29 bits per heavy atom. The second kappa shape index (κ2) is 5.66. The number of hydrogen-bond donors (Lipinski definition) is 1. The number of pyridine rings is 1. The van der Waals surface area contributed by atoms with Gasteiger partial charge in [-0.25, -0.2) is 9.59 Å². The first-order valence-corrected chi connectivity index (χ1v) is 5.94. The van der Waals surface area contributed by atoms with Gasteiger partial charge in [-0.05, 0) is 18.2 Å². The Balaban J connectivity index is 2.87. The summed E-state index contributed by atoms with van der Waals surface area (Å²) in [6.07, 6.45) is 0. The maximum Gasteiger partial charge on any atom is 0.355 e. The molecule has 0 aliphatic rings. The number of carbonyl (C=O) groups excluding carboxylic acids is 2. The maximum absolute atomic E-state index is 12.5. The quantitative estimate of drug-likeness (QED) is 0.851. The van der Waals surface area contributed by atoms with Crippen LogP contribution < -0.4 is 10.2 Å². The van der Waals surface area contributed by atoms with Gasteiger partial charge in [0.05, 0.1) is 32.2 Å². The molecular weight excluding hydrogens is 278 g/mol. The van der Waals surface area contributed by atoms with Crippen LogP contribution in [0, 0.1) is 0 Å². The second-order valence-corrected chi connectivity index (χ2v) is 4.10. The Hall–Kier alpha value is -2.83. The summed E-state index contributed by atoms with van der Waals surface area (Å²) in [5.41, 5.74) is -0.888. The lowest BCUT2D eigenvalue weighted by atomic mass is 10.1. The summed E-state index contributed by atoms with van der Waals surface area (Å²) in [4.78, 5) is 38.7. The Morgan fingerprint density at radius 2 is 1.71 bits per heavy atom. The normalized spacial score (nSPS) is 10.2. The van der Waals surface area contributed by atoms with Crippen molar-refractivity contribution in [1.82, 2.24) is 4.98 Å². The molecule has 0 saturated heterocycles. The molecule has 1 aromatic heterocycles. The largest absolute Gasteiger partial charge is 0.497 e. The summed E-state index contributed by atoms with van der Waals surface area (Å²) in [5, 5.41) is 0.211. The number of esters is 2. The van der Waals surface area contributed by atoms with E-state index in [1.807, 2.05) is 0 Å². The molecule has 0 atom stereocenters. The van der Waals surface area contributed by atoms with Crippen molar-refractivity contribution in [3.05, 3.63) is 39.7 Å². The van der Waals surface area contributed by atoms with E-state index >= 15 is 0 Å². The van der Waals surface area contributed by atoms with Crippen LogP contribution in [0.4, 0.5) is 0 Å². The van der Waals surface area contributed by atoms with Gasteiger partial charge in [-0.1, -0.05) is 0 Å². The number of nitrogens with one attached hydrogen (secondary N) is 1. The number of H-pyrrole nitrogens is 1. The summed E-state index contributed by atoms with van der Waals surface area (Å²) in [5.74, 6) is -1.29. The monoisotopic (exact) mass is 291 g/mol. The molecule has 0 amide bonds. The van der Waals surface area contributed by atoms with Crippen LogP contribution in [0.1, 0.15) is 20.8 Å². The lowest BCUT2D eigenvalue weighted by Gasteiger charge is -2.09. The Labute approximate surface area is 119 Å². The number of aromatic amines is 1. The first-order chi connectivity index (χ1) is 10.0. The molecular formula is C14H13NO6. The molecule has 0 saturated carbocycles. The molecule has 1 N–H and O–H groups in total. The molecule has 2 aromatic rings. The van der Waals surface area contributed by atoms with Gasteiger partial charge in [-0.2, -0.15) is 0 Å². The van der Waals surface area contributed by atoms with Crippen molar-refractivity contribution >= 4 is 22.8 Å². The molecule has 1 heterocycles. The van der Waals surface area contributed by atoms with Gasteiger partial charge < -0.3 is 19.2 Å². The van der Waals surface area contributed by atoms with Gasteiger partial charge in [-0.15, -0.1) is 0 Å². The molecule has 0 aliphatic carbocycles. The lowest BCUT2D eigenvalue weighted by molar-refractivity contribution is 0.0549. The number of ether oxygens (including phenoxy) is 3. The Morgan fingerprint density at radius 1 is 1.05 bits per heavy atom. The fourth-order valence-corrected chi connectivity index (χ4v) is 1.94. The molecule has 0 aliphatic heterocycles. The average molecular weight is 291 g/mol. The van der Waals surface area contributed by atoms with Gasteiger partial charge in [0.25, 0.3) is 0 Å². The van der Waals surface area contributed by atoms with Crippen molar-refractivity contribution < 1.29 is 23.8 Å². The standard InChI is InChI=1S/C14H13NO6/c1-19-7-4-5-9-8(6-7)12(16)10(13(17)20-2)11(15-9)14(18)21-3/h4-6H,1-3H3,(H,15,16). The van der Waals surface area contributed by atoms with Crippen molar-refractivity contribution in [3.63, 3.8) is 0 Å². The van der Waals surface area contributed by atoms with Crippen molar-refractivity contribution in [3.8, 4) is 5.75 Å². The molecule has 0 unspecified atom stereocenters. The zero-order valence-corrected chi connectivity index (χ0v) is 11.7. The van der Waals surface area contributed by atoms with E-state index in [2.05, 4.69) is 14.5 Å². The number of rotatable bonds is 3. The van der Waals surface area contributed by atoms with Crippen LogP contribution in [0.3, 0.4) is 0 Å². The Bertz CT molecular complexity index is 777. The van der Waals surface area contributed by atoms with Crippen LogP contribution in [0.2, 0.25) is 0 Å². The Kier molecular flexibility index (Phi) is 3.93. The van der Waals surface area contributed by atoms with E-state index < -0.39 is 22.9 Å². The van der Waals surface area contributed by atoms with E-state index in [-0.39, 0.29) is 11.1 Å². The second-order valence-electron chi connectivity index (χ2n) is 4.10. The minimum Gasteiger partial charge on any atom is -0.497 e. The van der Waals surface area contributed by atoms with Crippen LogP contribution >= 0.6 is 0 Å². The third-order valence-electron chi connectivity index (χ3n) is 2.99. The van der Waals surface area contributed by atoms with Gasteiger partial charge in [0, 0.05) is 0 Å². The van der Waals surface area contributed by atoms with Crippen molar-refractivity contribution in [2.75, 3.05) is 21.3 Å². The van der Waals surface area contributed by atoms with E-state index in [1.54, 1.807) is 12.1 Å². The van der Waals surface area contributed by atoms with Gasteiger partial charge in [-0.3, -0.25) is 4.79 Å². The van der Waals surface area contributed by atoms with Gasteiger partial charge in [0.2, 0.25) is 5.43 Å². The molecule has 7 heteroatoms. The third kappa shape index (κ3) is 2.45. The number of methoxy groups -OCH3 is 3. The third-order valence-corrected chi connectivity index (χ3v) is 2.99. The predicted octanol–water partition coefficient (Wildman–Crippen LogP) is 1.11. The van der Waals surface area contributed by atoms with Crippen molar-refractivity contribution in [1.29, 1.82) is 0 Å². The van der Waals surface area contributed by atoms with Gasteiger partial charge in [0.1, 0.15) is 17.0 Å². The van der Waals surface area contributed by atoms with E-state index in [4.69, 9.17) is 4.74 Å². The van der Waals surface area contributed by atoms with Gasteiger partial charge in [0.15, 0.2) is 0 Å². The van der Waals surface area contributed by atoms with Crippen LogP contribution in [0.5, 0.6) is 5.75 Å². The highest BCUT2D eigenvalue weighted by Gasteiger charge is 2.24. The molecule has 7 nitrogen and oxygen atoms in total. The highest BCUT2D eigenvalue weighted by molar-refractivity contribution is 6.04. The average Bonchev–Trinajstić information content (AvgIpc) is 2.52. The number of benzene rings is 1. The summed E-state index contributed by atoms with van der Waals surface area (Å²) in [6, 6.07) is 4.67. The molecule has 0 radical (unpaired) electrons. The fourth-order valence-electron chi connectivity index (χ4n) is 1.94. The number of hydrogen-bond acceptors (Lipinski definition) is 6. The minimum atomic E-state index is -0.915. The number of carbonyl (C=O) groups is 2. The molecule has 0 fully saturated rings. The summed E-state index contributed by atoms with van der Waals surface area (Å²) in [7, 11) is 3.73. The van der Waals surface area contributed by atoms with Crippen molar-refractivity contribution in [2.24, 2.45) is 0 Å². The smallest absolute Gasteiger partial charge is 0.355 e. The zero-order chi connectivity index (χ0) is 15.6. The fraction of sp³-hybridized carbons (Fsp3) is 0.214. The SMILES string of the molecule is COC(=O)c1[nH]c2ccc(OC)cc2c(=O)c1C(=O)OC. The maximum atomic E-state index is 12.5. The van der Waals surface area contributed by atoms with E-state index in [9.17, 15) is 14.4 Å².